The second-order valence-corrected chi connectivity index (χ2v) is 7.71. The number of nitrogens with zero attached hydrogens (tertiary/aromatic N) is 1. The molecule has 0 unspecified atom stereocenters. The predicted octanol–water partition coefficient (Wildman–Crippen LogP) is 2.41. The molecule has 3 atom stereocenters. The van der Waals surface area contributed by atoms with Gasteiger partial charge in [0, 0.05) is 18.7 Å². The van der Waals surface area contributed by atoms with Gasteiger partial charge in [0.05, 0.1) is 6.54 Å². The summed E-state index contributed by atoms with van der Waals surface area (Å²) in [5, 5.41) is 12.5. The van der Waals surface area contributed by atoms with Crippen LogP contribution in [0.2, 0.25) is 0 Å². The van der Waals surface area contributed by atoms with E-state index in [4.69, 9.17) is 0 Å². The second-order valence-electron chi connectivity index (χ2n) is 7.71. The number of nitrogens with one attached hydrogen (secondary N) is 1. The van der Waals surface area contributed by atoms with Crippen molar-refractivity contribution < 1.29 is 9.90 Å². The highest BCUT2D eigenvalue weighted by Gasteiger charge is 2.29. The van der Waals surface area contributed by atoms with Gasteiger partial charge in [0.1, 0.15) is 0 Å². The van der Waals surface area contributed by atoms with E-state index in [9.17, 15) is 9.90 Å². The van der Waals surface area contributed by atoms with Crippen LogP contribution in [-0.4, -0.2) is 48.2 Å². The SMILES string of the molecule is C[C@@H]1[C@H](C)CCC[C@H]1NC(=O)CN(C)C1CCC(CO)CC1. The van der Waals surface area contributed by atoms with Gasteiger partial charge in [-0.25, -0.2) is 0 Å². The largest absolute Gasteiger partial charge is 0.396 e. The zero-order valence-corrected chi connectivity index (χ0v) is 14.6. The molecule has 0 aromatic heterocycles. The summed E-state index contributed by atoms with van der Waals surface area (Å²) in [7, 11) is 2.07. The minimum atomic E-state index is 0.178. The van der Waals surface area contributed by atoms with Crippen LogP contribution in [0.3, 0.4) is 0 Å². The van der Waals surface area contributed by atoms with Crippen molar-refractivity contribution in [3.05, 3.63) is 0 Å². The summed E-state index contributed by atoms with van der Waals surface area (Å²) in [6.45, 7) is 5.39. The minimum Gasteiger partial charge on any atom is -0.396 e. The molecule has 0 saturated heterocycles. The first kappa shape index (κ1) is 17.7. The Hall–Kier alpha value is -0.610. The smallest absolute Gasteiger partial charge is 0.234 e. The molecular weight excluding hydrogens is 276 g/mol. The summed E-state index contributed by atoms with van der Waals surface area (Å²) in [5.74, 6) is 1.95. The van der Waals surface area contributed by atoms with E-state index < -0.39 is 0 Å². The highest BCUT2D eigenvalue weighted by molar-refractivity contribution is 5.78. The molecule has 0 aromatic rings. The number of aliphatic hydroxyl groups is 1. The first-order valence-corrected chi connectivity index (χ1v) is 9.11. The molecule has 2 aliphatic carbocycles. The summed E-state index contributed by atoms with van der Waals surface area (Å²) in [4.78, 5) is 14.6. The number of amides is 1. The maximum atomic E-state index is 12.3. The van der Waals surface area contributed by atoms with Crippen molar-refractivity contribution in [1.82, 2.24) is 10.2 Å². The van der Waals surface area contributed by atoms with Gasteiger partial charge in [0.25, 0.3) is 0 Å². The molecule has 2 N–H and O–H groups in total. The Kier molecular flexibility index (Phi) is 6.69. The van der Waals surface area contributed by atoms with Crippen LogP contribution in [0.15, 0.2) is 0 Å². The van der Waals surface area contributed by atoms with Crippen LogP contribution in [0.1, 0.15) is 58.8 Å². The fraction of sp³-hybridized carbons (Fsp3) is 0.944. The zero-order chi connectivity index (χ0) is 16.1. The van der Waals surface area contributed by atoms with E-state index in [0.29, 0.717) is 43.0 Å². The van der Waals surface area contributed by atoms with Crippen molar-refractivity contribution in [2.45, 2.75) is 70.9 Å². The molecule has 2 saturated carbocycles. The van der Waals surface area contributed by atoms with Crippen molar-refractivity contribution in [3.63, 3.8) is 0 Å². The molecule has 4 heteroatoms. The van der Waals surface area contributed by atoms with Crippen LogP contribution in [0.25, 0.3) is 0 Å². The molecular formula is C18H34N2O2. The van der Waals surface area contributed by atoms with Crippen molar-refractivity contribution in [2.75, 3.05) is 20.2 Å². The van der Waals surface area contributed by atoms with Gasteiger partial charge in [0.2, 0.25) is 5.91 Å². The van der Waals surface area contributed by atoms with Crippen LogP contribution in [0.4, 0.5) is 0 Å². The van der Waals surface area contributed by atoms with Crippen molar-refractivity contribution in [1.29, 1.82) is 0 Å². The lowest BCUT2D eigenvalue weighted by Gasteiger charge is -2.36. The number of aliphatic hydroxyl groups excluding tert-OH is 1. The van der Waals surface area contributed by atoms with Gasteiger partial charge in [-0.2, -0.15) is 0 Å². The molecule has 0 heterocycles. The quantitative estimate of drug-likeness (QED) is 0.820. The van der Waals surface area contributed by atoms with Crippen LogP contribution in [-0.2, 0) is 4.79 Å². The third-order valence-electron chi connectivity index (χ3n) is 6.14. The molecule has 22 heavy (non-hydrogen) atoms. The first-order valence-electron chi connectivity index (χ1n) is 9.11. The molecule has 128 valence electrons. The van der Waals surface area contributed by atoms with E-state index in [2.05, 4.69) is 31.1 Å². The van der Waals surface area contributed by atoms with E-state index in [-0.39, 0.29) is 5.91 Å². The Morgan fingerprint density at radius 2 is 1.82 bits per heavy atom. The molecule has 0 bridgehead atoms. The van der Waals surface area contributed by atoms with Crippen LogP contribution in [0.5, 0.6) is 0 Å². The zero-order valence-electron chi connectivity index (χ0n) is 14.6. The highest BCUT2D eigenvalue weighted by atomic mass is 16.3. The molecule has 2 rings (SSSR count). The average Bonchev–Trinajstić information content (AvgIpc) is 2.52. The maximum Gasteiger partial charge on any atom is 0.234 e. The Morgan fingerprint density at radius 1 is 1.14 bits per heavy atom. The van der Waals surface area contributed by atoms with E-state index >= 15 is 0 Å². The maximum absolute atomic E-state index is 12.3. The molecule has 0 aromatic carbocycles. The highest BCUT2D eigenvalue weighted by Crippen LogP contribution is 2.29. The summed E-state index contributed by atoms with van der Waals surface area (Å²) < 4.78 is 0. The van der Waals surface area contributed by atoms with Gasteiger partial charge in [0.15, 0.2) is 0 Å². The summed E-state index contributed by atoms with van der Waals surface area (Å²) in [6, 6.07) is 0.853. The Morgan fingerprint density at radius 3 is 2.45 bits per heavy atom. The standard InChI is InChI=1S/C18H34N2O2/c1-13-5-4-6-17(14(13)2)19-18(22)11-20(3)16-9-7-15(12-21)8-10-16/h13-17,21H,4-12H2,1-3H3,(H,19,22)/t13-,14-,15?,16?,17-/m1/s1. The topological polar surface area (TPSA) is 52.6 Å². The van der Waals surface area contributed by atoms with Gasteiger partial charge in [-0.1, -0.05) is 26.7 Å². The first-order chi connectivity index (χ1) is 10.5. The molecule has 4 nitrogen and oxygen atoms in total. The number of hydrogen-bond acceptors (Lipinski definition) is 3. The van der Waals surface area contributed by atoms with Gasteiger partial charge < -0.3 is 10.4 Å². The van der Waals surface area contributed by atoms with Gasteiger partial charge in [-0.05, 0) is 56.9 Å². The van der Waals surface area contributed by atoms with Crippen molar-refractivity contribution in [2.24, 2.45) is 17.8 Å². The van der Waals surface area contributed by atoms with E-state index in [1.54, 1.807) is 0 Å². The summed E-state index contributed by atoms with van der Waals surface area (Å²) in [6.07, 6.45) is 8.04. The Bertz CT molecular complexity index is 353. The summed E-state index contributed by atoms with van der Waals surface area (Å²) >= 11 is 0. The van der Waals surface area contributed by atoms with Gasteiger partial charge in [-0.15, -0.1) is 0 Å². The number of rotatable bonds is 5. The monoisotopic (exact) mass is 310 g/mol. The number of hydrogen-bond donors (Lipinski definition) is 2. The van der Waals surface area contributed by atoms with Gasteiger partial charge in [-0.3, -0.25) is 9.69 Å². The lowest BCUT2D eigenvalue weighted by molar-refractivity contribution is -0.124. The lowest BCUT2D eigenvalue weighted by Crippen LogP contribution is -2.48. The third-order valence-corrected chi connectivity index (χ3v) is 6.14. The lowest BCUT2D eigenvalue weighted by atomic mass is 9.78. The van der Waals surface area contributed by atoms with E-state index in [1.807, 2.05) is 0 Å². The predicted molar refractivity (Wildman–Crippen MR) is 89.6 cm³/mol. The van der Waals surface area contributed by atoms with Crippen molar-refractivity contribution in [3.8, 4) is 0 Å². The second kappa shape index (κ2) is 8.30. The number of likely N-dealkylation sites (N-methyl/N-ethyl adjacent to an activating group) is 1. The molecule has 2 fully saturated rings. The summed E-state index contributed by atoms with van der Waals surface area (Å²) in [5.41, 5.74) is 0. The van der Waals surface area contributed by atoms with E-state index in [0.717, 1.165) is 32.1 Å². The van der Waals surface area contributed by atoms with Gasteiger partial charge >= 0.3 is 0 Å². The van der Waals surface area contributed by atoms with Crippen molar-refractivity contribution >= 4 is 5.91 Å². The van der Waals surface area contributed by atoms with Crippen LogP contribution in [0, 0.1) is 17.8 Å². The normalized spacial score (nSPS) is 36.3. The Labute approximate surface area is 135 Å². The van der Waals surface area contributed by atoms with Crippen LogP contribution >= 0.6 is 0 Å². The van der Waals surface area contributed by atoms with E-state index in [1.165, 1.54) is 12.8 Å². The molecule has 0 aliphatic heterocycles. The van der Waals surface area contributed by atoms with Crippen LogP contribution < -0.4 is 5.32 Å². The molecule has 0 radical (unpaired) electrons. The molecule has 0 spiro atoms. The fourth-order valence-electron chi connectivity index (χ4n) is 4.16. The minimum absolute atomic E-state index is 0.178. The third kappa shape index (κ3) is 4.69. The molecule has 2 aliphatic rings. The fourth-order valence-corrected chi connectivity index (χ4v) is 4.16. The average molecular weight is 310 g/mol. The number of carbonyl (C=O) groups excluding carboxylic acids is 1. The number of carbonyl (C=O) groups is 1. The molecule has 1 amide bonds. The Balaban J connectivity index is 1.74.